The van der Waals surface area contributed by atoms with Gasteiger partial charge in [-0.25, -0.2) is 0 Å². The number of methoxy groups -OCH3 is 2. The summed E-state index contributed by atoms with van der Waals surface area (Å²) in [5, 5.41) is 4.40. The fourth-order valence-corrected chi connectivity index (χ4v) is 3.97. The molecule has 1 aliphatic rings. The molecule has 0 bridgehead atoms. The van der Waals surface area contributed by atoms with Gasteiger partial charge in [-0.3, -0.25) is 4.90 Å². The number of benzene rings is 2. The highest BCUT2D eigenvalue weighted by molar-refractivity contribution is 6.30. The van der Waals surface area contributed by atoms with Crippen LogP contribution in [0.25, 0.3) is 0 Å². The van der Waals surface area contributed by atoms with Crippen LogP contribution in [0.15, 0.2) is 42.5 Å². The third-order valence-corrected chi connectivity index (χ3v) is 5.61. The minimum atomic E-state index is 0.401. The van der Waals surface area contributed by atoms with Gasteiger partial charge in [0.05, 0.1) is 14.2 Å². The molecule has 0 amide bonds. The summed E-state index contributed by atoms with van der Waals surface area (Å²) in [7, 11) is 3.35. The summed E-state index contributed by atoms with van der Waals surface area (Å²) in [4.78, 5) is 4.99. The van der Waals surface area contributed by atoms with Crippen molar-refractivity contribution in [3.05, 3.63) is 53.1 Å². The maximum Gasteiger partial charge on any atom is 0.161 e. The predicted molar refractivity (Wildman–Crippen MR) is 121 cm³/mol. The Labute approximate surface area is 179 Å². The van der Waals surface area contributed by atoms with Crippen LogP contribution in [0.2, 0.25) is 5.02 Å². The highest BCUT2D eigenvalue weighted by Crippen LogP contribution is 2.29. The van der Waals surface area contributed by atoms with Gasteiger partial charge >= 0.3 is 0 Å². The average molecular weight is 418 g/mol. The Morgan fingerprint density at radius 1 is 1.07 bits per heavy atom. The highest BCUT2D eigenvalue weighted by atomic mass is 35.5. The fourth-order valence-electron chi connectivity index (χ4n) is 3.79. The molecule has 0 radical (unpaired) electrons. The summed E-state index contributed by atoms with van der Waals surface area (Å²) in [6, 6.07) is 15.2. The number of ether oxygens (including phenoxy) is 2. The zero-order valence-electron chi connectivity index (χ0n) is 17.8. The maximum absolute atomic E-state index is 6.22. The Kier molecular flexibility index (Phi) is 7.64. The monoisotopic (exact) mass is 417 g/mol. The van der Waals surface area contributed by atoms with Crippen LogP contribution >= 0.6 is 11.6 Å². The molecule has 2 aromatic rings. The van der Waals surface area contributed by atoms with E-state index in [2.05, 4.69) is 53.2 Å². The van der Waals surface area contributed by atoms with Crippen LogP contribution < -0.4 is 19.7 Å². The number of halogens is 1. The van der Waals surface area contributed by atoms with E-state index >= 15 is 0 Å². The number of piperazine rings is 1. The molecule has 1 aliphatic heterocycles. The van der Waals surface area contributed by atoms with Crippen molar-refractivity contribution in [3.63, 3.8) is 0 Å². The van der Waals surface area contributed by atoms with Crippen molar-refractivity contribution in [2.24, 2.45) is 0 Å². The Bertz CT molecular complexity index is 799. The van der Waals surface area contributed by atoms with E-state index in [1.165, 1.54) is 11.3 Å². The molecule has 0 aliphatic carbocycles. The normalized spacial score (nSPS) is 17.6. The smallest absolute Gasteiger partial charge is 0.161 e. The van der Waals surface area contributed by atoms with E-state index in [0.29, 0.717) is 12.1 Å². The topological polar surface area (TPSA) is 37.0 Å². The Hall–Kier alpha value is -1.95. The molecule has 1 N–H and O–H groups in total. The van der Waals surface area contributed by atoms with Crippen LogP contribution in [0.3, 0.4) is 0 Å². The van der Waals surface area contributed by atoms with Crippen molar-refractivity contribution in [2.75, 3.05) is 45.3 Å². The molecule has 1 atom stereocenters. The second kappa shape index (κ2) is 10.2. The van der Waals surface area contributed by atoms with E-state index in [1.807, 2.05) is 18.2 Å². The lowest BCUT2D eigenvalue weighted by Crippen LogP contribution is -2.56. The molecular weight excluding hydrogens is 386 g/mol. The maximum atomic E-state index is 6.22. The number of hydrogen-bond donors (Lipinski definition) is 1. The Balaban J connectivity index is 1.74. The molecule has 29 heavy (non-hydrogen) atoms. The van der Waals surface area contributed by atoms with Gasteiger partial charge < -0.3 is 19.7 Å². The first kappa shape index (κ1) is 21.8. The van der Waals surface area contributed by atoms with Crippen molar-refractivity contribution in [2.45, 2.75) is 32.5 Å². The largest absolute Gasteiger partial charge is 0.493 e. The van der Waals surface area contributed by atoms with Gasteiger partial charge in [0.25, 0.3) is 0 Å². The fraction of sp³-hybridized carbons (Fsp3) is 0.478. The summed E-state index contributed by atoms with van der Waals surface area (Å²) < 4.78 is 10.9. The first-order valence-electron chi connectivity index (χ1n) is 10.2. The molecule has 0 spiro atoms. The zero-order chi connectivity index (χ0) is 20.8. The standard InChI is InChI=1S/C23H32ClN3O2/c1-17(2)25-14-21-16-27(20-7-5-6-19(24)13-20)11-10-26(21)15-18-8-9-22(28-3)23(12-18)29-4/h5-9,12-13,17,21,25H,10-11,14-16H2,1-4H3. The third-order valence-electron chi connectivity index (χ3n) is 5.37. The summed E-state index contributed by atoms with van der Waals surface area (Å²) in [5.74, 6) is 1.54. The molecule has 0 saturated carbocycles. The van der Waals surface area contributed by atoms with Gasteiger partial charge in [-0.2, -0.15) is 0 Å². The molecule has 3 rings (SSSR count). The SMILES string of the molecule is COc1ccc(CN2CCN(c3cccc(Cl)c3)CC2CNC(C)C)cc1OC. The molecule has 5 nitrogen and oxygen atoms in total. The summed E-state index contributed by atoms with van der Waals surface area (Å²) in [6.07, 6.45) is 0. The lowest BCUT2D eigenvalue weighted by atomic mass is 10.1. The van der Waals surface area contributed by atoms with Gasteiger partial charge in [0.1, 0.15) is 0 Å². The first-order valence-corrected chi connectivity index (χ1v) is 10.6. The molecule has 1 heterocycles. The van der Waals surface area contributed by atoms with Gasteiger partial charge in [0, 0.05) is 55.5 Å². The van der Waals surface area contributed by atoms with Gasteiger partial charge in [-0.15, -0.1) is 0 Å². The Morgan fingerprint density at radius 3 is 2.55 bits per heavy atom. The molecule has 1 unspecified atom stereocenters. The second-order valence-electron chi connectivity index (χ2n) is 7.80. The quantitative estimate of drug-likeness (QED) is 0.701. The van der Waals surface area contributed by atoms with Gasteiger partial charge in [0.15, 0.2) is 11.5 Å². The first-order chi connectivity index (χ1) is 14.0. The zero-order valence-corrected chi connectivity index (χ0v) is 18.6. The molecule has 158 valence electrons. The van der Waals surface area contributed by atoms with E-state index in [-0.39, 0.29) is 0 Å². The third kappa shape index (κ3) is 5.78. The molecule has 0 aromatic heterocycles. The van der Waals surface area contributed by atoms with Crippen molar-refractivity contribution in [1.82, 2.24) is 10.2 Å². The number of hydrogen-bond acceptors (Lipinski definition) is 5. The van der Waals surface area contributed by atoms with Gasteiger partial charge in [0.2, 0.25) is 0 Å². The summed E-state index contributed by atoms with van der Waals surface area (Å²) in [5.41, 5.74) is 2.42. The van der Waals surface area contributed by atoms with Crippen molar-refractivity contribution in [3.8, 4) is 11.5 Å². The average Bonchev–Trinajstić information content (AvgIpc) is 2.72. The lowest BCUT2D eigenvalue weighted by molar-refractivity contribution is 0.162. The number of nitrogens with zero attached hydrogens (tertiary/aromatic N) is 2. The molecule has 2 aromatic carbocycles. The van der Waals surface area contributed by atoms with Crippen LogP contribution in [0.4, 0.5) is 5.69 Å². The minimum absolute atomic E-state index is 0.401. The lowest BCUT2D eigenvalue weighted by Gasteiger charge is -2.43. The van der Waals surface area contributed by atoms with Gasteiger partial charge in [-0.1, -0.05) is 37.6 Å². The molecular formula is C23H32ClN3O2. The van der Waals surface area contributed by atoms with Crippen LogP contribution in [-0.2, 0) is 6.54 Å². The summed E-state index contributed by atoms with van der Waals surface area (Å²) in [6.45, 7) is 9.15. The molecule has 1 fully saturated rings. The predicted octanol–water partition coefficient (Wildman–Crippen LogP) is 4.05. The number of rotatable bonds is 8. The van der Waals surface area contributed by atoms with E-state index in [0.717, 1.165) is 49.2 Å². The van der Waals surface area contributed by atoms with Crippen molar-refractivity contribution in [1.29, 1.82) is 0 Å². The highest BCUT2D eigenvalue weighted by Gasteiger charge is 2.27. The van der Waals surface area contributed by atoms with Crippen molar-refractivity contribution < 1.29 is 9.47 Å². The van der Waals surface area contributed by atoms with Gasteiger partial charge in [-0.05, 0) is 35.9 Å². The van der Waals surface area contributed by atoms with E-state index in [1.54, 1.807) is 14.2 Å². The van der Waals surface area contributed by atoms with Crippen molar-refractivity contribution >= 4 is 17.3 Å². The van der Waals surface area contributed by atoms with E-state index in [9.17, 15) is 0 Å². The second-order valence-corrected chi connectivity index (χ2v) is 8.24. The van der Waals surface area contributed by atoms with Crippen LogP contribution in [0.5, 0.6) is 11.5 Å². The Morgan fingerprint density at radius 2 is 1.86 bits per heavy atom. The van der Waals surface area contributed by atoms with E-state index < -0.39 is 0 Å². The van der Waals surface area contributed by atoms with Crippen LogP contribution in [0, 0.1) is 0 Å². The minimum Gasteiger partial charge on any atom is -0.493 e. The van der Waals surface area contributed by atoms with Crippen LogP contribution in [0.1, 0.15) is 19.4 Å². The molecule has 1 saturated heterocycles. The number of nitrogens with one attached hydrogen (secondary N) is 1. The van der Waals surface area contributed by atoms with Crippen LogP contribution in [-0.4, -0.2) is 57.4 Å². The number of anilines is 1. The summed E-state index contributed by atoms with van der Waals surface area (Å²) >= 11 is 6.22. The molecule has 6 heteroatoms. The van der Waals surface area contributed by atoms with E-state index in [4.69, 9.17) is 21.1 Å².